The number of hydrogen-bond donors (Lipinski definition) is 2. The van der Waals surface area contributed by atoms with Crippen LogP contribution in [0.25, 0.3) is 5.69 Å². The van der Waals surface area contributed by atoms with E-state index in [9.17, 15) is 24.5 Å². The SMILES string of the molecule is CNC(=O)C1CCCN1C(=O)CNC(=O)c1ccn(-c2cccc([N+](=O)[O-])c2)n1. The van der Waals surface area contributed by atoms with Gasteiger partial charge >= 0.3 is 0 Å². The Morgan fingerprint density at radius 2 is 2.10 bits per heavy atom. The molecule has 0 spiro atoms. The van der Waals surface area contributed by atoms with E-state index >= 15 is 0 Å². The van der Waals surface area contributed by atoms with E-state index < -0.39 is 16.9 Å². The van der Waals surface area contributed by atoms with Gasteiger partial charge in [0.05, 0.1) is 17.2 Å². The maximum atomic E-state index is 12.4. The topological polar surface area (TPSA) is 139 Å². The van der Waals surface area contributed by atoms with Gasteiger partial charge in [-0.3, -0.25) is 24.5 Å². The standard InChI is InChI=1S/C18H20N6O5/c1-19-18(27)15-6-3-8-22(15)16(25)11-20-17(26)14-7-9-23(21-14)12-4-2-5-13(10-12)24(28)29/h2,4-5,7,9-10,15H,3,6,8,11H2,1H3,(H,19,27)(H,20,26). The minimum atomic E-state index is -0.557. The Hall–Kier alpha value is -3.76. The predicted molar refractivity (Wildman–Crippen MR) is 101 cm³/mol. The average molecular weight is 400 g/mol. The molecule has 11 nitrogen and oxygen atoms in total. The molecular formula is C18H20N6O5. The van der Waals surface area contributed by atoms with E-state index in [1.807, 2.05) is 0 Å². The van der Waals surface area contributed by atoms with Crippen LogP contribution in [0.1, 0.15) is 23.3 Å². The van der Waals surface area contributed by atoms with Crippen LogP contribution in [0.5, 0.6) is 0 Å². The fourth-order valence-electron chi connectivity index (χ4n) is 3.19. The zero-order valence-corrected chi connectivity index (χ0v) is 15.7. The number of rotatable bonds is 6. The molecule has 1 aliphatic rings. The smallest absolute Gasteiger partial charge is 0.272 e. The molecule has 3 rings (SSSR count). The van der Waals surface area contributed by atoms with Crippen LogP contribution in [0.3, 0.4) is 0 Å². The highest BCUT2D eigenvalue weighted by Crippen LogP contribution is 2.18. The summed E-state index contributed by atoms with van der Waals surface area (Å²) >= 11 is 0. The lowest BCUT2D eigenvalue weighted by molar-refractivity contribution is -0.384. The van der Waals surface area contributed by atoms with Crippen LogP contribution in [0.15, 0.2) is 36.5 Å². The van der Waals surface area contributed by atoms with E-state index in [1.54, 1.807) is 6.07 Å². The number of nitrogens with one attached hydrogen (secondary N) is 2. The quantitative estimate of drug-likeness (QED) is 0.526. The molecule has 0 saturated carbocycles. The molecule has 2 N–H and O–H groups in total. The number of nitrogens with zero attached hydrogens (tertiary/aromatic N) is 4. The number of aromatic nitrogens is 2. The number of nitro benzene ring substituents is 1. The average Bonchev–Trinajstić information content (AvgIpc) is 3.41. The summed E-state index contributed by atoms with van der Waals surface area (Å²) in [7, 11) is 1.52. The Morgan fingerprint density at radius 1 is 1.31 bits per heavy atom. The maximum Gasteiger partial charge on any atom is 0.272 e. The maximum absolute atomic E-state index is 12.4. The molecule has 1 saturated heterocycles. The van der Waals surface area contributed by atoms with Crippen molar-refractivity contribution in [3.63, 3.8) is 0 Å². The Kier molecular flexibility index (Phi) is 5.86. The van der Waals surface area contributed by atoms with Gasteiger partial charge in [-0.05, 0) is 25.0 Å². The summed E-state index contributed by atoms with van der Waals surface area (Å²) in [6.07, 6.45) is 2.82. The Labute approximate surface area is 165 Å². The fraction of sp³-hybridized carbons (Fsp3) is 0.333. The summed E-state index contributed by atoms with van der Waals surface area (Å²) in [6, 6.07) is 6.77. The molecule has 1 aromatic carbocycles. The highest BCUT2D eigenvalue weighted by Gasteiger charge is 2.33. The van der Waals surface area contributed by atoms with Gasteiger partial charge in [-0.25, -0.2) is 4.68 Å². The van der Waals surface area contributed by atoms with Crippen molar-refractivity contribution in [3.8, 4) is 5.69 Å². The molecule has 1 atom stereocenters. The molecule has 3 amide bonds. The Morgan fingerprint density at radius 3 is 2.83 bits per heavy atom. The van der Waals surface area contributed by atoms with Gasteiger partial charge in [0.25, 0.3) is 11.6 Å². The van der Waals surface area contributed by atoms with E-state index in [2.05, 4.69) is 15.7 Å². The molecule has 152 valence electrons. The van der Waals surface area contributed by atoms with Crippen molar-refractivity contribution in [3.05, 3.63) is 52.3 Å². The van der Waals surface area contributed by atoms with Gasteiger partial charge in [0, 0.05) is 31.9 Å². The molecule has 1 aromatic heterocycles. The van der Waals surface area contributed by atoms with Gasteiger partial charge in [0.15, 0.2) is 5.69 Å². The number of amides is 3. The first kappa shape index (κ1) is 20.0. The third-order valence-electron chi connectivity index (χ3n) is 4.65. The summed E-state index contributed by atoms with van der Waals surface area (Å²) in [5.74, 6) is -1.13. The third kappa shape index (κ3) is 4.39. The molecule has 1 aliphatic heterocycles. The van der Waals surface area contributed by atoms with Gasteiger partial charge in [-0.15, -0.1) is 0 Å². The van der Waals surface area contributed by atoms with Crippen LogP contribution in [0.4, 0.5) is 5.69 Å². The molecule has 11 heteroatoms. The second-order valence-electron chi connectivity index (χ2n) is 6.46. The van der Waals surface area contributed by atoms with E-state index in [0.717, 1.165) is 6.42 Å². The molecule has 0 bridgehead atoms. The lowest BCUT2D eigenvalue weighted by Crippen LogP contribution is -2.48. The largest absolute Gasteiger partial charge is 0.357 e. The molecule has 2 heterocycles. The number of carbonyl (C=O) groups excluding carboxylic acids is 3. The van der Waals surface area contributed by atoms with Crippen LogP contribution in [0, 0.1) is 10.1 Å². The summed E-state index contributed by atoms with van der Waals surface area (Å²) in [5.41, 5.74) is 0.402. The summed E-state index contributed by atoms with van der Waals surface area (Å²) in [5, 5.41) is 20.0. The van der Waals surface area contributed by atoms with Crippen LogP contribution < -0.4 is 10.6 Å². The zero-order valence-electron chi connectivity index (χ0n) is 15.7. The number of hydrogen-bond acceptors (Lipinski definition) is 6. The molecule has 1 fully saturated rings. The van der Waals surface area contributed by atoms with E-state index in [4.69, 9.17) is 0 Å². The molecule has 0 radical (unpaired) electrons. The van der Waals surface area contributed by atoms with Gasteiger partial charge in [-0.1, -0.05) is 6.07 Å². The third-order valence-corrected chi connectivity index (χ3v) is 4.65. The summed E-state index contributed by atoms with van der Waals surface area (Å²) in [4.78, 5) is 48.4. The van der Waals surface area contributed by atoms with Gasteiger partial charge in [0.1, 0.15) is 6.04 Å². The van der Waals surface area contributed by atoms with Crippen LogP contribution in [-0.4, -0.2) is 63.5 Å². The minimum absolute atomic E-state index is 0.0635. The number of benzene rings is 1. The van der Waals surface area contributed by atoms with Crippen LogP contribution in [0.2, 0.25) is 0 Å². The highest BCUT2D eigenvalue weighted by molar-refractivity contribution is 5.95. The zero-order chi connectivity index (χ0) is 21.0. The first-order valence-electron chi connectivity index (χ1n) is 9.00. The molecule has 2 aromatic rings. The van der Waals surface area contributed by atoms with E-state index in [0.29, 0.717) is 18.7 Å². The Bertz CT molecular complexity index is 956. The second-order valence-corrected chi connectivity index (χ2v) is 6.46. The van der Waals surface area contributed by atoms with Gasteiger partial charge in [0.2, 0.25) is 11.8 Å². The van der Waals surface area contributed by atoms with Gasteiger partial charge < -0.3 is 15.5 Å². The predicted octanol–water partition coefficient (Wildman–Crippen LogP) is 0.247. The molecule has 29 heavy (non-hydrogen) atoms. The number of likely N-dealkylation sites (N-methyl/N-ethyl adjacent to an activating group) is 1. The summed E-state index contributed by atoms with van der Waals surface area (Å²) < 4.78 is 1.34. The number of nitro groups is 1. The van der Waals surface area contributed by atoms with Crippen molar-refractivity contribution >= 4 is 23.4 Å². The highest BCUT2D eigenvalue weighted by atomic mass is 16.6. The van der Waals surface area contributed by atoms with Crippen LogP contribution >= 0.6 is 0 Å². The van der Waals surface area contributed by atoms with Gasteiger partial charge in [-0.2, -0.15) is 5.10 Å². The van der Waals surface area contributed by atoms with Crippen molar-refractivity contribution in [2.45, 2.75) is 18.9 Å². The second kappa shape index (κ2) is 8.50. The molecular weight excluding hydrogens is 380 g/mol. The molecule has 1 unspecified atom stereocenters. The van der Waals surface area contributed by atoms with E-state index in [-0.39, 0.29) is 29.7 Å². The lowest BCUT2D eigenvalue weighted by atomic mass is 10.2. The van der Waals surface area contributed by atoms with Crippen molar-refractivity contribution in [1.82, 2.24) is 25.3 Å². The van der Waals surface area contributed by atoms with Crippen molar-refractivity contribution in [2.75, 3.05) is 20.1 Å². The molecule has 0 aliphatic carbocycles. The normalized spacial score (nSPS) is 15.8. The van der Waals surface area contributed by atoms with E-state index in [1.165, 1.54) is 47.1 Å². The van der Waals surface area contributed by atoms with Crippen molar-refractivity contribution in [2.24, 2.45) is 0 Å². The first-order chi connectivity index (χ1) is 13.9. The number of non-ortho nitro benzene ring substituents is 1. The Balaban J connectivity index is 1.62. The van der Waals surface area contributed by atoms with Crippen molar-refractivity contribution in [1.29, 1.82) is 0 Å². The lowest BCUT2D eigenvalue weighted by Gasteiger charge is -2.23. The monoisotopic (exact) mass is 400 g/mol. The number of carbonyl (C=O) groups is 3. The minimum Gasteiger partial charge on any atom is -0.357 e. The summed E-state index contributed by atoms with van der Waals surface area (Å²) in [6.45, 7) is 0.213. The van der Waals surface area contributed by atoms with Crippen molar-refractivity contribution < 1.29 is 19.3 Å². The first-order valence-corrected chi connectivity index (χ1v) is 9.00. The number of likely N-dealkylation sites (tertiary alicyclic amines) is 1. The fourth-order valence-corrected chi connectivity index (χ4v) is 3.19. The van der Waals surface area contributed by atoms with Crippen LogP contribution in [-0.2, 0) is 9.59 Å².